The Morgan fingerprint density at radius 2 is 2.06 bits per heavy atom. The highest BCUT2D eigenvalue weighted by Crippen LogP contribution is 2.25. The van der Waals surface area contributed by atoms with E-state index in [0.29, 0.717) is 0 Å². The zero-order valence-corrected chi connectivity index (χ0v) is 11.9. The average molecular weight is 237 g/mol. The third-order valence-corrected chi connectivity index (χ3v) is 3.87. The zero-order chi connectivity index (χ0) is 12.1. The van der Waals surface area contributed by atoms with Gasteiger partial charge in [0, 0.05) is 10.4 Å². The first-order valence-corrected chi connectivity index (χ1v) is 7.00. The van der Waals surface area contributed by atoms with Crippen LogP contribution in [0.25, 0.3) is 6.08 Å². The minimum absolute atomic E-state index is 0.739. The SMILES string of the molecule is CC/C(=C\c1c(C)nsc1CC)CC(C)C. The lowest BCUT2D eigenvalue weighted by molar-refractivity contribution is 0.633. The van der Waals surface area contributed by atoms with Crippen LogP contribution in [0.15, 0.2) is 5.57 Å². The van der Waals surface area contributed by atoms with Gasteiger partial charge >= 0.3 is 0 Å². The molecule has 0 aliphatic carbocycles. The molecule has 0 aliphatic rings. The molecule has 0 bridgehead atoms. The topological polar surface area (TPSA) is 12.9 Å². The van der Waals surface area contributed by atoms with Gasteiger partial charge in [0.2, 0.25) is 0 Å². The van der Waals surface area contributed by atoms with E-state index < -0.39 is 0 Å². The number of hydrogen-bond donors (Lipinski definition) is 0. The van der Waals surface area contributed by atoms with Gasteiger partial charge in [-0.25, -0.2) is 0 Å². The highest BCUT2D eigenvalue weighted by atomic mass is 32.1. The van der Waals surface area contributed by atoms with E-state index in [4.69, 9.17) is 0 Å². The van der Waals surface area contributed by atoms with E-state index in [2.05, 4.69) is 45.1 Å². The van der Waals surface area contributed by atoms with Crippen molar-refractivity contribution in [2.75, 3.05) is 0 Å². The van der Waals surface area contributed by atoms with Crippen molar-refractivity contribution in [1.82, 2.24) is 4.37 Å². The van der Waals surface area contributed by atoms with Crippen LogP contribution in [-0.4, -0.2) is 4.37 Å². The van der Waals surface area contributed by atoms with Crippen molar-refractivity contribution in [3.05, 3.63) is 21.7 Å². The lowest BCUT2D eigenvalue weighted by Crippen LogP contribution is -1.92. The van der Waals surface area contributed by atoms with Gasteiger partial charge < -0.3 is 0 Å². The minimum atomic E-state index is 0.739. The molecule has 0 fully saturated rings. The van der Waals surface area contributed by atoms with Crippen molar-refractivity contribution in [3.63, 3.8) is 0 Å². The molecule has 1 aromatic heterocycles. The lowest BCUT2D eigenvalue weighted by atomic mass is 9.98. The molecule has 0 unspecified atom stereocenters. The monoisotopic (exact) mass is 237 g/mol. The summed E-state index contributed by atoms with van der Waals surface area (Å²) in [5, 5.41) is 0. The van der Waals surface area contributed by atoms with Crippen LogP contribution in [-0.2, 0) is 6.42 Å². The van der Waals surface area contributed by atoms with Crippen LogP contribution in [0.1, 0.15) is 56.7 Å². The van der Waals surface area contributed by atoms with Gasteiger partial charge in [-0.3, -0.25) is 0 Å². The summed E-state index contributed by atoms with van der Waals surface area (Å²) in [6.45, 7) is 11.1. The Morgan fingerprint density at radius 1 is 1.38 bits per heavy atom. The average Bonchev–Trinajstić information content (AvgIpc) is 2.58. The third kappa shape index (κ3) is 3.44. The van der Waals surface area contributed by atoms with E-state index in [1.54, 1.807) is 17.1 Å². The second-order valence-electron chi connectivity index (χ2n) is 4.71. The van der Waals surface area contributed by atoms with Gasteiger partial charge in [-0.2, -0.15) is 4.37 Å². The molecule has 16 heavy (non-hydrogen) atoms. The molecule has 0 atom stereocenters. The van der Waals surface area contributed by atoms with Gasteiger partial charge in [-0.15, -0.1) is 0 Å². The summed E-state index contributed by atoms with van der Waals surface area (Å²) in [6, 6.07) is 0. The van der Waals surface area contributed by atoms with Gasteiger partial charge in [-0.1, -0.05) is 39.3 Å². The van der Waals surface area contributed by atoms with Crippen molar-refractivity contribution in [1.29, 1.82) is 0 Å². The molecule has 2 heteroatoms. The smallest absolute Gasteiger partial charge is 0.0586 e. The van der Waals surface area contributed by atoms with Gasteiger partial charge in [-0.05, 0) is 43.6 Å². The number of rotatable bonds is 5. The molecule has 0 N–H and O–H groups in total. The van der Waals surface area contributed by atoms with Crippen molar-refractivity contribution in [3.8, 4) is 0 Å². The largest absolute Gasteiger partial charge is 0.197 e. The van der Waals surface area contributed by atoms with Gasteiger partial charge in [0.05, 0.1) is 5.69 Å². The van der Waals surface area contributed by atoms with Crippen molar-refractivity contribution >= 4 is 17.6 Å². The second kappa shape index (κ2) is 6.19. The van der Waals surface area contributed by atoms with Crippen molar-refractivity contribution in [2.24, 2.45) is 5.92 Å². The normalized spacial score (nSPS) is 12.5. The second-order valence-corrected chi connectivity index (χ2v) is 5.57. The number of nitrogens with zero attached hydrogens (tertiary/aromatic N) is 1. The Bertz CT molecular complexity index is 361. The first-order valence-electron chi connectivity index (χ1n) is 6.23. The summed E-state index contributed by atoms with van der Waals surface area (Å²) in [5.41, 5.74) is 4.12. The summed E-state index contributed by atoms with van der Waals surface area (Å²) in [6.07, 6.45) is 5.82. The van der Waals surface area contributed by atoms with Crippen LogP contribution in [0.5, 0.6) is 0 Å². The standard InChI is InChI=1S/C14H23NS/c1-6-12(8-10(3)4)9-13-11(5)15-16-14(13)7-2/h9-10H,6-8H2,1-5H3/b12-9+. The van der Waals surface area contributed by atoms with E-state index in [-0.39, 0.29) is 0 Å². The van der Waals surface area contributed by atoms with Gasteiger partial charge in [0.25, 0.3) is 0 Å². The third-order valence-electron chi connectivity index (χ3n) is 2.78. The molecule has 0 saturated carbocycles. The van der Waals surface area contributed by atoms with Crippen LogP contribution in [0.2, 0.25) is 0 Å². The maximum Gasteiger partial charge on any atom is 0.0586 e. The Kier molecular flexibility index (Phi) is 5.20. The summed E-state index contributed by atoms with van der Waals surface area (Å²) in [4.78, 5) is 1.42. The number of allylic oxidation sites excluding steroid dienone is 1. The van der Waals surface area contributed by atoms with Crippen LogP contribution < -0.4 is 0 Å². The van der Waals surface area contributed by atoms with Crippen LogP contribution >= 0.6 is 11.5 Å². The summed E-state index contributed by atoms with van der Waals surface area (Å²) in [5.74, 6) is 0.739. The fraction of sp³-hybridized carbons (Fsp3) is 0.643. The number of hydrogen-bond acceptors (Lipinski definition) is 2. The molecular weight excluding hydrogens is 214 g/mol. The fourth-order valence-electron chi connectivity index (χ4n) is 1.90. The first-order chi connectivity index (χ1) is 7.58. The fourth-order valence-corrected chi connectivity index (χ4v) is 2.68. The molecule has 1 nitrogen and oxygen atoms in total. The van der Waals surface area contributed by atoms with Crippen LogP contribution in [0.3, 0.4) is 0 Å². The molecule has 1 rings (SSSR count). The van der Waals surface area contributed by atoms with E-state index in [0.717, 1.165) is 18.8 Å². The molecule has 0 spiro atoms. The van der Waals surface area contributed by atoms with E-state index >= 15 is 0 Å². The summed E-state index contributed by atoms with van der Waals surface area (Å²) < 4.78 is 4.45. The van der Waals surface area contributed by atoms with Gasteiger partial charge in [0.15, 0.2) is 0 Å². The number of aromatic nitrogens is 1. The maximum absolute atomic E-state index is 4.45. The Morgan fingerprint density at radius 3 is 2.56 bits per heavy atom. The van der Waals surface area contributed by atoms with E-state index in [1.165, 1.54) is 22.6 Å². The van der Waals surface area contributed by atoms with Crippen LogP contribution in [0, 0.1) is 12.8 Å². The number of aryl methyl sites for hydroxylation is 2. The Labute approximate surface area is 104 Å². The van der Waals surface area contributed by atoms with Crippen molar-refractivity contribution < 1.29 is 0 Å². The highest BCUT2D eigenvalue weighted by molar-refractivity contribution is 7.06. The quantitative estimate of drug-likeness (QED) is 0.713. The summed E-state index contributed by atoms with van der Waals surface area (Å²) in [7, 11) is 0. The molecule has 0 aliphatic heterocycles. The predicted molar refractivity (Wildman–Crippen MR) is 74.0 cm³/mol. The highest BCUT2D eigenvalue weighted by Gasteiger charge is 2.08. The maximum atomic E-state index is 4.45. The zero-order valence-electron chi connectivity index (χ0n) is 11.1. The lowest BCUT2D eigenvalue weighted by Gasteiger charge is -2.08. The molecule has 90 valence electrons. The minimum Gasteiger partial charge on any atom is -0.197 e. The van der Waals surface area contributed by atoms with E-state index in [9.17, 15) is 0 Å². The predicted octanol–water partition coefficient (Wildman–Crippen LogP) is 4.85. The molecule has 0 aromatic carbocycles. The molecular formula is C14H23NS. The first kappa shape index (κ1) is 13.4. The molecule has 0 amide bonds. The Balaban J connectivity index is 2.97. The summed E-state index contributed by atoms with van der Waals surface area (Å²) >= 11 is 1.65. The van der Waals surface area contributed by atoms with Crippen molar-refractivity contribution in [2.45, 2.75) is 53.9 Å². The molecule has 1 heterocycles. The molecule has 1 aromatic rings. The van der Waals surface area contributed by atoms with E-state index in [1.807, 2.05) is 0 Å². The van der Waals surface area contributed by atoms with Crippen LogP contribution in [0.4, 0.5) is 0 Å². The Hall–Kier alpha value is -0.630. The molecule has 0 radical (unpaired) electrons. The van der Waals surface area contributed by atoms with Gasteiger partial charge in [0.1, 0.15) is 0 Å². The molecule has 0 saturated heterocycles.